The summed E-state index contributed by atoms with van der Waals surface area (Å²) in [6.45, 7) is 0.850. The van der Waals surface area contributed by atoms with Crippen LogP contribution in [0.15, 0.2) is 36.4 Å². The second-order valence-corrected chi connectivity index (χ2v) is 4.88. The molecule has 0 amide bonds. The SMILES string of the molecule is COCC1c2ccccc2C2CCC=CC21. The Morgan fingerprint density at radius 1 is 1.25 bits per heavy atom. The van der Waals surface area contributed by atoms with Crippen LogP contribution in [0.1, 0.15) is 35.8 Å². The molecule has 1 heteroatoms. The highest BCUT2D eigenvalue weighted by Gasteiger charge is 2.39. The first-order valence-corrected chi connectivity index (χ1v) is 6.16. The summed E-state index contributed by atoms with van der Waals surface area (Å²) in [7, 11) is 1.81. The molecule has 1 aromatic carbocycles. The van der Waals surface area contributed by atoms with Crippen LogP contribution < -0.4 is 0 Å². The number of hydrogen-bond acceptors (Lipinski definition) is 1. The van der Waals surface area contributed by atoms with Crippen LogP contribution in [0.4, 0.5) is 0 Å². The zero-order valence-electron chi connectivity index (χ0n) is 9.73. The van der Waals surface area contributed by atoms with E-state index in [9.17, 15) is 0 Å². The number of benzene rings is 1. The second kappa shape index (κ2) is 4.06. The Labute approximate surface area is 97.1 Å². The lowest BCUT2D eigenvalue weighted by Crippen LogP contribution is -2.16. The molecule has 0 radical (unpaired) electrons. The fraction of sp³-hybridized carbons (Fsp3) is 0.467. The molecule has 0 N–H and O–H groups in total. The molecule has 0 bridgehead atoms. The second-order valence-electron chi connectivity index (χ2n) is 4.88. The maximum absolute atomic E-state index is 5.40. The minimum atomic E-state index is 0.572. The molecule has 16 heavy (non-hydrogen) atoms. The van der Waals surface area contributed by atoms with E-state index in [2.05, 4.69) is 36.4 Å². The van der Waals surface area contributed by atoms with Gasteiger partial charge in [0.15, 0.2) is 0 Å². The summed E-state index contributed by atoms with van der Waals surface area (Å²) in [5.41, 5.74) is 3.09. The summed E-state index contributed by atoms with van der Waals surface area (Å²) < 4.78 is 5.40. The van der Waals surface area contributed by atoms with Gasteiger partial charge in [0, 0.05) is 13.0 Å². The van der Waals surface area contributed by atoms with Gasteiger partial charge in [-0.1, -0.05) is 36.4 Å². The number of hydrogen-bond donors (Lipinski definition) is 0. The zero-order chi connectivity index (χ0) is 11.0. The van der Waals surface area contributed by atoms with E-state index in [-0.39, 0.29) is 0 Å². The number of methoxy groups -OCH3 is 1. The highest BCUT2D eigenvalue weighted by molar-refractivity contribution is 5.42. The lowest BCUT2D eigenvalue weighted by Gasteiger charge is -2.25. The lowest BCUT2D eigenvalue weighted by molar-refractivity contribution is 0.163. The van der Waals surface area contributed by atoms with Crippen LogP contribution in [0.25, 0.3) is 0 Å². The van der Waals surface area contributed by atoms with Crippen molar-refractivity contribution in [2.45, 2.75) is 24.7 Å². The van der Waals surface area contributed by atoms with Crippen molar-refractivity contribution in [3.05, 3.63) is 47.5 Å². The number of ether oxygens (including phenoxy) is 1. The van der Waals surface area contributed by atoms with Crippen LogP contribution in [0.5, 0.6) is 0 Å². The van der Waals surface area contributed by atoms with Crippen molar-refractivity contribution in [2.24, 2.45) is 5.92 Å². The third-order valence-corrected chi connectivity index (χ3v) is 4.07. The van der Waals surface area contributed by atoms with Gasteiger partial charge >= 0.3 is 0 Å². The summed E-state index contributed by atoms with van der Waals surface area (Å²) in [6, 6.07) is 8.92. The fourth-order valence-electron chi connectivity index (χ4n) is 3.41. The number of fused-ring (bicyclic) bond motifs is 3. The summed E-state index contributed by atoms with van der Waals surface area (Å²) in [5.74, 6) is 1.98. The van der Waals surface area contributed by atoms with E-state index in [1.807, 2.05) is 7.11 Å². The Kier molecular flexibility index (Phi) is 2.56. The zero-order valence-corrected chi connectivity index (χ0v) is 9.73. The van der Waals surface area contributed by atoms with Gasteiger partial charge in [0.05, 0.1) is 6.61 Å². The van der Waals surface area contributed by atoms with Crippen LogP contribution in [-0.4, -0.2) is 13.7 Å². The molecule has 1 aromatic rings. The first kappa shape index (κ1) is 10.1. The largest absolute Gasteiger partial charge is 0.384 e. The first-order valence-electron chi connectivity index (χ1n) is 6.16. The predicted octanol–water partition coefficient (Wildman–Crippen LogP) is 3.48. The van der Waals surface area contributed by atoms with Crippen molar-refractivity contribution in [1.29, 1.82) is 0 Å². The van der Waals surface area contributed by atoms with Crippen LogP contribution in [0.2, 0.25) is 0 Å². The molecule has 0 spiro atoms. The molecule has 84 valence electrons. The quantitative estimate of drug-likeness (QED) is 0.685. The van der Waals surface area contributed by atoms with E-state index < -0.39 is 0 Å². The summed E-state index contributed by atoms with van der Waals surface area (Å²) in [5, 5.41) is 0. The minimum Gasteiger partial charge on any atom is -0.384 e. The van der Waals surface area contributed by atoms with Crippen molar-refractivity contribution in [1.82, 2.24) is 0 Å². The van der Waals surface area contributed by atoms with Crippen LogP contribution in [0.3, 0.4) is 0 Å². The number of allylic oxidation sites excluding steroid dienone is 2. The van der Waals surface area contributed by atoms with Crippen molar-refractivity contribution >= 4 is 0 Å². The van der Waals surface area contributed by atoms with Gasteiger partial charge in [-0.3, -0.25) is 0 Å². The van der Waals surface area contributed by atoms with Crippen molar-refractivity contribution < 1.29 is 4.74 Å². The standard InChI is InChI=1S/C15H18O/c1-16-10-15-13-8-4-2-6-11(13)12-7-3-5-9-14(12)15/h2,4-6,8-9,12,14-15H,3,7,10H2,1H3. The maximum atomic E-state index is 5.40. The van der Waals surface area contributed by atoms with Gasteiger partial charge in [-0.2, -0.15) is 0 Å². The van der Waals surface area contributed by atoms with Crippen molar-refractivity contribution in [3.63, 3.8) is 0 Å². The molecule has 0 saturated heterocycles. The molecular weight excluding hydrogens is 196 g/mol. The van der Waals surface area contributed by atoms with Gasteiger partial charge in [-0.05, 0) is 35.8 Å². The Hall–Kier alpha value is -1.08. The van der Waals surface area contributed by atoms with E-state index in [0.29, 0.717) is 11.8 Å². The monoisotopic (exact) mass is 214 g/mol. The molecule has 3 rings (SSSR count). The van der Waals surface area contributed by atoms with Crippen LogP contribution in [0, 0.1) is 5.92 Å². The Balaban J connectivity index is 2.04. The molecule has 0 aliphatic heterocycles. The summed E-state index contributed by atoms with van der Waals surface area (Å²) >= 11 is 0. The number of rotatable bonds is 2. The fourth-order valence-corrected chi connectivity index (χ4v) is 3.41. The van der Waals surface area contributed by atoms with Gasteiger partial charge in [0.2, 0.25) is 0 Å². The molecule has 1 nitrogen and oxygen atoms in total. The summed E-state index contributed by atoms with van der Waals surface area (Å²) in [4.78, 5) is 0. The Morgan fingerprint density at radius 2 is 2.06 bits per heavy atom. The average molecular weight is 214 g/mol. The maximum Gasteiger partial charge on any atom is 0.0536 e. The van der Waals surface area contributed by atoms with E-state index >= 15 is 0 Å². The van der Waals surface area contributed by atoms with Gasteiger partial charge in [-0.25, -0.2) is 0 Å². The van der Waals surface area contributed by atoms with Crippen molar-refractivity contribution in [2.75, 3.05) is 13.7 Å². The Morgan fingerprint density at radius 3 is 2.88 bits per heavy atom. The molecule has 2 aliphatic rings. The van der Waals surface area contributed by atoms with Gasteiger partial charge in [0.1, 0.15) is 0 Å². The van der Waals surface area contributed by atoms with E-state index in [1.54, 1.807) is 5.56 Å². The highest BCUT2D eigenvalue weighted by Crippen LogP contribution is 2.50. The molecule has 3 atom stereocenters. The molecule has 0 aromatic heterocycles. The first-order chi connectivity index (χ1) is 7.92. The smallest absolute Gasteiger partial charge is 0.0536 e. The van der Waals surface area contributed by atoms with Gasteiger partial charge < -0.3 is 4.74 Å². The van der Waals surface area contributed by atoms with Crippen LogP contribution >= 0.6 is 0 Å². The highest BCUT2D eigenvalue weighted by atomic mass is 16.5. The lowest BCUT2D eigenvalue weighted by atomic mass is 9.81. The third-order valence-electron chi connectivity index (χ3n) is 4.07. The molecule has 0 saturated carbocycles. The predicted molar refractivity (Wildman–Crippen MR) is 65.7 cm³/mol. The Bertz CT molecular complexity index is 408. The van der Waals surface area contributed by atoms with E-state index in [0.717, 1.165) is 12.5 Å². The van der Waals surface area contributed by atoms with Crippen LogP contribution in [-0.2, 0) is 4.74 Å². The molecule has 3 unspecified atom stereocenters. The molecule has 2 aliphatic carbocycles. The van der Waals surface area contributed by atoms with Gasteiger partial charge in [-0.15, -0.1) is 0 Å². The van der Waals surface area contributed by atoms with Gasteiger partial charge in [0.25, 0.3) is 0 Å². The minimum absolute atomic E-state index is 0.572. The van der Waals surface area contributed by atoms with Crippen molar-refractivity contribution in [3.8, 4) is 0 Å². The van der Waals surface area contributed by atoms with E-state index in [1.165, 1.54) is 18.4 Å². The normalized spacial score (nSPS) is 31.2. The average Bonchev–Trinajstić information content (AvgIpc) is 2.66. The molecule has 0 heterocycles. The van der Waals surface area contributed by atoms with E-state index in [4.69, 9.17) is 4.74 Å². The molecule has 0 fully saturated rings. The topological polar surface area (TPSA) is 9.23 Å². The summed E-state index contributed by atoms with van der Waals surface area (Å²) in [6.07, 6.45) is 7.29. The third kappa shape index (κ3) is 1.42. The molecular formula is C15H18O.